The van der Waals surface area contributed by atoms with Crippen molar-refractivity contribution < 1.29 is 14.7 Å². The molecule has 1 atom stereocenters. The monoisotopic (exact) mass is 331 g/mol. The van der Waals surface area contributed by atoms with Crippen LogP contribution in [-0.4, -0.2) is 64.1 Å². The normalized spacial score (nSPS) is 27.3. The van der Waals surface area contributed by atoms with Gasteiger partial charge in [-0.25, -0.2) is 0 Å². The standard InChI is InChI=1S/C18H25N3O3/c22-12-11-19-8-2-6-18(17(19)24)7-10-20(13-18)16(23)15-3-1-9-21(15)14-4-5-14/h1,3,9,14,22H,2,4-8,10-13H2/t18-/m1/s1. The first kappa shape index (κ1) is 15.7. The quantitative estimate of drug-likeness (QED) is 0.903. The number of aromatic nitrogens is 1. The summed E-state index contributed by atoms with van der Waals surface area (Å²) >= 11 is 0. The number of hydrogen-bond donors (Lipinski definition) is 1. The van der Waals surface area contributed by atoms with E-state index >= 15 is 0 Å². The van der Waals surface area contributed by atoms with Crippen molar-refractivity contribution in [1.29, 1.82) is 0 Å². The van der Waals surface area contributed by atoms with E-state index in [1.54, 1.807) is 4.90 Å². The molecular formula is C18H25N3O3. The van der Waals surface area contributed by atoms with Crippen molar-refractivity contribution in [3.63, 3.8) is 0 Å². The minimum Gasteiger partial charge on any atom is -0.395 e. The molecule has 1 aromatic heterocycles. The fourth-order valence-electron chi connectivity index (χ4n) is 4.32. The lowest BCUT2D eigenvalue weighted by Crippen LogP contribution is -2.51. The predicted octanol–water partition coefficient (Wildman–Crippen LogP) is 1.27. The van der Waals surface area contributed by atoms with Crippen molar-refractivity contribution in [2.45, 2.75) is 38.1 Å². The molecule has 6 heteroatoms. The molecule has 0 bridgehead atoms. The average Bonchev–Trinajstić information content (AvgIpc) is 3.16. The van der Waals surface area contributed by atoms with Gasteiger partial charge in [0, 0.05) is 38.4 Å². The summed E-state index contributed by atoms with van der Waals surface area (Å²) in [6.07, 6.45) is 6.82. The Bertz CT molecular complexity index is 650. The zero-order chi connectivity index (χ0) is 16.7. The van der Waals surface area contributed by atoms with E-state index in [1.807, 2.05) is 23.2 Å². The molecule has 2 amide bonds. The number of amides is 2. The molecule has 0 radical (unpaired) electrons. The number of nitrogens with zero attached hydrogens (tertiary/aromatic N) is 3. The van der Waals surface area contributed by atoms with E-state index in [-0.39, 0.29) is 18.4 Å². The van der Waals surface area contributed by atoms with E-state index < -0.39 is 5.41 Å². The highest BCUT2D eigenvalue weighted by molar-refractivity contribution is 5.94. The van der Waals surface area contributed by atoms with Crippen molar-refractivity contribution in [2.24, 2.45) is 5.41 Å². The minimum absolute atomic E-state index is 0.000626. The lowest BCUT2D eigenvalue weighted by molar-refractivity contribution is -0.146. The topological polar surface area (TPSA) is 65.8 Å². The molecule has 3 aliphatic rings. The molecule has 0 unspecified atom stereocenters. The summed E-state index contributed by atoms with van der Waals surface area (Å²) in [5.74, 6) is 0.173. The smallest absolute Gasteiger partial charge is 0.270 e. The zero-order valence-electron chi connectivity index (χ0n) is 14.0. The first-order valence-corrected chi connectivity index (χ1v) is 9.01. The molecule has 1 spiro atoms. The summed E-state index contributed by atoms with van der Waals surface area (Å²) in [7, 11) is 0. The molecule has 4 rings (SSSR count). The zero-order valence-corrected chi connectivity index (χ0v) is 14.0. The Morgan fingerprint density at radius 3 is 2.88 bits per heavy atom. The van der Waals surface area contributed by atoms with E-state index in [2.05, 4.69) is 4.57 Å². The van der Waals surface area contributed by atoms with Gasteiger partial charge in [0.15, 0.2) is 0 Å². The Kier molecular flexibility index (Phi) is 3.87. The Labute approximate surface area is 142 Å². The molecule has 1 aliphatic carbocycles. The van der Waals surface area contributed by atoms with E-state index in [4.69, 9.17) is 5.11 Å². The third-order valence-corrected chi connectivity index (χ3v) is 5.77. The molecule has 24 heavy (non-hydrogen) atoms. The summed E-state index contributed by atoms with van der Waals surface area (Å²) in [5, 5.41) is 9.16. The van der Waals surface area contributed by atoms with Crippen LogP contribution in [0.4, 0.5) is 0 Å². The molecule has 3 fully saturated rings. The molecular weight excluding hydrogens is 306 g/mol. The maximum atomic E-state index is 12.9. The molecule has 3 heterocycles. The highest BCUT2D eigenvalue weighted by Crippen LogP contribution is 2.41. The van der Waals surface area contributed by atoms with Gasteiger partial charge in [-0.2, -0.15) is 0 Å². The highest BCUT2D eigenvalue weighted by atomic mass is 16.3. The van der Waals surface area contributed by atoms with E-state index in [1.165, 1.54) is 0 Å². The fraction of sp³-hybridized carbons (Fsp3) is 0.667. The van der Waals surface area contributed by atoms with Gasteiger partial charge in [0.25, 0.3) is 5.91 Å². The maximum Gasteiger partial charge on any atom is 0.270 e. The Hall–Kier alpha value is -1.82. The molecule has 0 aromatic carbocycles. The molecule has 1 aromatic rings. The van der Waals surface area contributed by atoms with Crippen LogP contribution in [0.25, 0.3) is 0 Å². The lowest BCUT2D eigenvalue weighted by Gasteiger charge is -2.39. The van der Waals surface area contributed by atoms with Crippen LogP contribution in [0.2, 0.25) is 0 Å². The third-order valence-electron chi connectivity index (χ3n) is 5.77. The summed E-state index contributed by atoms with van der Waals surface area (Å²) in [6.45, 7) is 2.29. The van der Waals surface area contributed by atoms with Gasteiger partial charge < -0.3 is 19.5 Å². The van der Waals surface area contributed by atoms with Crippen LogP contribution in [0.1, 0.15) is 48.6 Å². The van der Waals surface area contributed by atoms with Gasteiger partial charge in [-0.3, -0.25) is 9.59 Å². The number of aliphatic hydroxyl groups excluding tert-OH is 1. The van der Waals surface area contributed by atoms with Crippen LogP contribution in [0, 0.1) is 5.41 Å². The minimum atomic E-state index is -0.430. The van der Waals surface area contributed by atoms with Crippen LogP contribution in [0.5, 0.6) is 0 Å². The molecule has 130 valence electrons. The second-order valence-corrected chi connectivity index (χ2v) is 7.41. The number of rotatable bonds is 4. The lowest BCUT2D eigenvalue weighted by atomic mass is 9.78. The number of likely N-dealkylation sites (tertiary alicyclic amines) is 2. The van der Waals surface area contributed by atoms with Crippen LogP contribution in [-0.2, 0) is 4.79 Å². The Balaban J connectivity index is 1.50. The summed E-state index contributed by atoms with van der Waals surface area (Å²) < 4.78 is 2.09. The second-order valence-electron chi connectivity index (χ2n) is 7.41. The number of piperidine rings is 1. The SMILES string of the molecule is O=C(c1cccn1C1CC1)N1CC[C@]2(CCCN(CCO)C2=O)C1. The second kappa shape index (κ2) is 5.92. The maximum absolute atomic E-state index is 12.9. The van der Waals surface area contributed by atoms with Gasteiger partial charge in [-0.05, 0) is 44.2 Å². The number of carbonyl (C=O) groups excluding carboxylic acids is 2. The van der Waals surface area contributed by atoms with Gasteiger partial charge in [0.1, 0.15) is 5.69 Å². The van der Waals surface area contributed by atoms with Crippen molar-refractivity contribution in [3.8, 4) is 0 Å². The first-order valence-electron chi connectivity index (χ1n) is 9.01. The van der Waals surface area contributed by atoms with Crippen LogP contribution < -0.4 is 0 Å². The number of β-amino-alcohol motifs (C(OH)–C–C–N with tert-alkyl or cyclic N) is 1. The van der Waals surface area contributed by atoms with Gasteiger partial charge in [0.05, 0.1) is 12.0 Å². The third kappa shape index (κ3) is 2.53. The molecule has 1 N–H and O–H groups in total. The highest BCUT2D eigenvalue weighted by Gasteiger charge is 2.49. The van der Waals surface area contributed by atoms with Gasteiger partial charge in [-0.1, -0.05) is 0 Å². The van der Waals surface area contributed by atoms with Crippen LogP contribution >= 0.6 is 0 Å². The van der Waals surface area contributed by atoms with Gasteiger partial charge >= 0.3 is 0 Å². The number of hydrogen-bond acceptors (Lipinski definition) is 3. The number of aliphatic hydroxyl groups is 1. The Morgan fingerprint density at radius 1 is 1.29 bits per heavy atom. The van der Waals surface area contributed by atoms with E-state index in [0.29, 0.717) is 25.7 Å². The van der Waals surface area contributed by atoms with Gasteiger partial charge in [-0.15, -0.1) is 0 Å². The summed E-state index contributed by atoms with van der Waals surface area (Å²) in [4.78, 5) is 29.4. The molecule has 1 saturated carbocycles. The van der Waals surface area contributed by atoms with Gasteiger partial charge in [0.2, 0.25) is 5.91 Å². The van der Waals surface area contributed by atoms with E-state index in [0.717, 1.165) is 44.3 Å². The van der Waals surface area contributed by atoms with Crippen LogP contribution in [0.3, 0.4) is 0 Å². The summed E-state index contributed by atoms with van der Waals surface area (Å²) in [6, 6.07) is 4.31. The fourth-order valence-corrected chi connectivity index (χ4v) is 4.32. The number of carbonyl (C=O) groups is 2. The average molecular weight is 331 g/mol. The van der Waals surface area contributed by atoms with Crippen molar-refractivity contribution in [3.05, 3.63) is 24.0 Å². The molecule has 2 aliphatic heterocycles. The Morgan fingerprint density at radius 2 is 2.12 bits per heavy atom. The first-order chi connectivity index (χ1) is 11.6. The molecule has 2 saturated heterocycles. The molecule has 6 nitrogen and oxygen atoms in total. The van der Waals surface area contributed by atoms with Crippen molar-refractivity contribution in [2.75, 3.05) is 32.8 Å². The van der Waals surface area contributed by atoms with Crippen molar-refractivity contribution >= 4 is 11.8 Å². The summed E-state index contributed by atoms with van der Waals surface area (Å²) in [5.41, 5.74) is 0.324. The van der Waals surface area contributed by atoms with E-state index in [9.17, 15) is 9.59 Å². The van der Waals surface area contributed by atoms with Crippen molar-refractivity contribution in [1.82, 2.24) is 14.4 Å². The largest absolute Gasteiger partial charge is 0.395 e. The predicted molar refractivity (Wildman–Crippen MR) is 88.6 cm³/mol. The van der Waals surface area contributed by atoms with Crippen LogP contribution in [0.15, 0.2) is 18.3 Å².